The number of benzene rings is 3. The molecule has 6 heteroatoms. The van der Waals surface area contributed by atoms with Crippen molar-refractivity contribution in [2.45, 2.75) is 105 Å². The molecule has 0 unspecified atom stereocenters. The number of carbonyl (C=O) groups is 1. The van der Waals surface area contributed by atoms with Crippen molar-refractivity contribution in [2.75, 3.05) is 13.4 Å². The van der Waals surface area contributed by atoms with Gasteiger partial charge in [0.05, 0.1) is 19.3 Å². The minimum absolute atomic E-state index is 0.127. The van der Waals surface area contributed by atoms with E-state index in [1.165, 1.54) is 10.4 Å². The van der Waals surface area contributed by atoms with Crippen molar-refractivity contribution >= 4 is 24.7 Å². The highest BCUT2D eigenvalue weighted by Crippen LogP contribution is 2.37. The third-order valence-electron chi connectivity index (χ3n) is 8.51. The first-order valence-electron chi connectivity index (χ1n) is 16.9. The molecular weight excluding hydrogens is 589 g/mol. The highest BCUT2D eigenvalue weighted by molar-refractivity contribution is 6.99. The summed E-state index contributed by atoms with van der Waals surface area (Å²) < 4.78 is 25.4. The Labute approximate surface area is 280 Å². The van der Waals surface area contributed by atoms with Gasteiger partial charge in [-0.05, 0) is 72.3 Å². The normalized spacial score (nSPS) is 15.2. The number of hydrogen-bond donors (Lipinski definition) is 0. The van der Waals surface area contributed by atoms with Crippen LogP contribution in [0.25, 0.3) is 0 Å². The first kappa shape index (κ1) is 37.7. The van der Waals surface area contributed by atoms with Gasteiger partial charge < -0.3 is 18.6 Å². The minimum atomic E-state index is -2.73. The van der Waals surface area contributed by atoms with Crippen molar-refractivity contribution in [1.82, 2.24) is 0 Å². The van der Waals surface area contributed by atoms with Crippen molar-refractivity contribution in [3.63, 3.8) is 0 Å². The van der Waals surface area contributed by atoms with Gasteiger partial charge in [-0.15, -0.1) is 0 Å². The average Bonchev–Trinajstić information content (AvgIpc) is 2.98. The largest absolute Gasteiger partial charge is 0.460 e. The van der Waals surface area contributed by atoms with Crippen LogP contribution in [-0.4, -0.2) is 39.4 Å². The van der Waals surface area contributed by atoms with Gasteiger partial charge >= 0.3 is 5.97 Å². The van der Waals surface area contributed by atoms with E-state index in [9.17, 15) is 4.79 Å². The number of ether oxygens (including phenoxy) is 3. The number of rotatable bonds is 17. The second-order valence-electron chi connectivity index (χ2n) is 15.1. The van der Waals surface area contributed by atoms with E-state index in [0.717, 1.165) is 18.4 Å². The quantitative estimate of drug-likeness (QED) is 0.0637. The molecule has 0 saturated carbocycles. The summed E-state index contributed by atoms with van der Waals surface area (Å²) in [5.41, 5.74) is 0.654. The molecule has 3 aromatic carbocycles. The Morgan fingerprint density at radius 2 is 1.24 bits per heavy atom. The van der Waals surface area contributed by atoms with Crippen LogP contribution in [0.3, 0.4) is 0 Å². The molecule has 3 rings (SSSR count). The van der Waals surface area contributed by atoms with Gasteiger partial charge in [0.2, 0.25) is 0 Å². The second-order valence-corrected chi connectivity index (χ2v) is 19.4. The topological polar surface area (TPSA) is 54.0 Å². The molecule has 5 nitrogen and oxygen atoms in total. The van der Waals surface area contributed by atoms with Crippen LogP contribution in [0.4, 0.5) is 0 Å². The third-order valence-corrected chi connectivity index (χ3v) is 13.5. The zero-order valence-electron chi connectivity index (χ0n) is 29.8. The smallest absolute Gasteiger partial charge is 0.306 e. The molecule has 0 aromatic heterocycles. The number of hydrogen-bond acceptors (Lipinski definition) is 5. The van der Waals surface area contributed by atoms with E-state index in [-0.39, 0.29) is 35.7 Å². The van der Waals surface area contributed by atoms with Crippen LogP contribution in [-0.2, 0) is 30.0 Å². The van der Waals surface area contributed by atoms with Gasteiger partial charge in [-0.25, -0.2) is 0 Å². The average molecular weight is 647 g/mol. The molecule has 0 N–H and O–H groups in total. The first-order valence-corrected chi connectivity index (χ1v) is 18.8. The van der Waals surface area contributed by atoms with E-state index in [1.54, 1.807) is 0 Å². The minimum Gasteiger partial charge on any atom is -0.460 e. The predicted molar refractivity (Wildman–Crippen MR) is 192 cm³/mol. The van der Waals surface area contributed by atoms with Crippen LogP contribution in [0.2, 0.25) is 5.04 Å². The summed E-state index contributed by atoms with van der Waals surface area (Å²) >= 11 is 0. The molecule has 0 heterocycles. The van der Waals surface area contributed by atoms with Crippen LogP contribution >= 0.6 is 0 Å². The summed E-state index contributed by atoms with van der Waals surface area (Å²) in [7, 11) is -2.73. The Hall–Kier alpha value is -2.77. The molecule has 0 aliphatic rings. The van der Waals surface area contributed by atoms with Crippen molar-refractivity contribution in [2.24, 2.45) is 17.8 Å². The maximum Gasteiger partial charge on any atom is 0.306 e. The Morgan fingerprint density at radius 1 is 0.717 bits per heavy atom. The SMILES string of the molecule is C[C@@H](CC(=O)OC(C)(C)C)C[C@H](C)C[C@H](C)[C@@H](CO[Si](c1ccccc1)(c1ccccc1)C(C)(C)C)OCOCc1ccccc1. The van der Waals surface area contributed by atoms with E-state index >= 15 is 0 Å². The Kier molecular flexibility index (Phi) is 14.3. The molecular formula is C40H58O5Si. The molecule has 0 spiro atoms. The van der Waals surface area contributed by atoms with Crippen molar-refractivity contribution < 1.29 is 23.4 Å². The van der Waals surface area contributed by atoms with E-state index in [2.05, 4.69) is 114 Å². The fraction of sp³-hybridized carbons (Fsp3) is 0.525. The maximum absolute atomic E-state index is 12.5. The molecule has 0 aliphatic carbocycles. The van der Waals surface area contributed by atoms with Crippen molar-refractivity contribution in [3.05, 3.63) is 96.6 Å². The van der Waals surface area contributed by atoms with Crippen LogP contribution < -0.4 is 10.4 Å². The fourth-order valence-electron chi connectivity index (χ4n) is 6.54. The molecule has 4 atom stereocenters. The lowest BCUT2D eigenvalue weighted by atomic mass is 9.86. The summed E-state index contributed by atoms with van der Waals surface area (Å²) in [5.74, 6) is 0.716. The molecule has 0 radical (unpaired) electrons. The first-order chi connectivity index (χ1) is 21.7. The second kappa shape index (κ2) is 17.4. The third kappa shape index (κ3) is 11.5. The van der Waals surface area contributed by atoms with E-state index in [4.69, 9.17) is 18.6 Å². The predicted octanol–water partition coefficient (Wildman–Crippen LogP) is 8.54. The lowest BCUT2D eigenvalue weighted by Crippen LogP contribution is -2.67. The molecule has 0 saturated heterocycles. The fourth-order valence-corrected chi connectivity index (χ4v) is 11.1. The van der Waals surface area contributed by atoms with Gasteiger partial charge in [0.15, 0.2) is 0 Å². The summed E-state index contributed by atoms with van der Waals surface area (Å²) in [4.78, 5) is 12.5. The van der Waals surface area contributed by atoms with Crippen molar-refractivity contribution in [3.8, 4) is 0 Å². The van der Waals surface area contributed by atoms with Gasteiger partial charge in [-0.2, -0.15) is 0 Å². The van der Waals surface area contributed by atoms with Crippen LogP contribution in [0, 0.1) is 17.8 Å². The van der Waals surface area contributed by atoms with Gasteiger partial charge in [0, 0.05) is 6.42 Å². The number of carbonyl (C=O) groups excluding carboxylic acids is 1. The van der Waals surface area contributed by atoms with E-state index in [0.29, 0.717) is 25.6 Å². The lowest BCUT2D eigenvalue weighted by molar-refractivity contribution is -0.156. The number of esters is 1. The summed E-state index contributed by atoms with van der Waals surface area (Å²) in [6, 6.07) is 31.7. The molecule has 0 bridgehead atoms. The van der Waals surface area contributed by atoms with Crippen molar-refractivity contribution in [1.29, 1.82) is 0 Å². The summed E-state index contributed by atoms with van der Waals surface area (Å²) in [5, 5.41) is 2.38. The molecule has 3 aromatic rings. The maximum atomic E-state index is 12.5. The molecule has 0 amide bonds. The highest BCUT2D eigenvalue weighted by atomic mass is 28.4. The Bertz CT molecular complexity index is 1240. The molecule has 0 aliphatic heterocycles. The van der Waals surface area contributed by atoms with Gasteiger partial charge in [0.25, 0.3) is 8.32 Å². The Balaban J connectivity index is 1.79. The summed E-state index contributed by atoms with van der Waals surface area (Å²) in [6.45, 7) is 20.5. The summed E-state index contributed by atoms with van der Waals surface area (Å²) in [6.07, 6.45) is 2.16. The Morgan fingerprint density at radius 3 is 1.74 bits per heavy atom. The van der Waals surface area contributed by atoms with E-state index in [1.807, 2.05) is 39.0 Å². The monoisotopic (exact) mass is 646 g/mol. The standard InChI is InChI=1S/C40H58O5Si/c1-31(25-32(2)27-38(41)45-39(4,5)6)26-33(3)37(43-30-42-28-34-19-13-10-14-20-34)29-44-46(40(7,8)9,35-21-15-11-16-22-35)36-23-17-12-18-24-36/h10-24,31-33,37H,25-30H2,1-9H3/t31-,32+,33-,37+/m0/s1. The lowest BCUT2D eigenvalue weighted by Gasteiger charge is -2.44. The van der Waals surface area contributed by atoms with E-state index < -0.39 is 13.9 Å². The van der Waals surface area contributed by atoms with Crippen LogP contribution in [0.15, 0.2) is 91.0 Å². The molecule has 252 valence electrons. The van der Waals surface area contributed by atoms with Gasteiger partial charge in [0.1, 0.15) is 12.4 Å². The van der Waals surface area contributed by atoms with Crippen LogP contribution in [0.5, 0.6) is 0 Å². The van der Waals surface area contributed by atoms with Gasteiger partial charge in [-0.1, -0.05) is 133 Å². The van der Waals surface area contributed by atoms with Crippen LogP contribution in [0.1, 0.15) is 87.1 Å². The zero-order chi connectivity index (χ0) is 33.8. The molecule has 46 heavy (non-hydrogen) atoms. The zero-order valence-corrected chi connectivity index (χ0v) is 30.8. The molecule has 0 fully saturated rings. The van der Waals surface area contributed by atoms with Gasteiger partial charge in [-0.3, -0.25) is 4.79 Å². The highest BCUT2D eigenvalue weighted by Gasteiger charge is 2.50.